The van der Waals surface area contributed by atoms with Gasteiger partial charge in [-0.2, -0.15) is 0 Å². The van der Waals surface area contributed by atoms with E-state index in [9.17, 15) is 71.2 Å². The van der Waals surface area contributed by atoms with Crippen LogP contribution in [0.15, 0.2) is 39.5 Å². The van der Waals surface area contributed by atoms with Gasteiger partial charge in [0.1, 0.15) is 89.6 Å². The van der Waals surface area contributed by atoms with Gasteiger partial charge in [-0.25, -0.2) is 0 Å². The number of phenolic OH excluding ortho intramolecular Hbond substituents is 2. The maximum Gasteiger partial charge on any atom is 0.239 e. The van der Waals surface area contributed by atoms with E-state index in [-0.39, 0.29) is 22.8 Å². The fourth-order valence-corrected chi connectivity index (χ4v) is 6.49. The molecule has 15 atom stereocenters. The molecule has 3 fully saturated rings. The SMILES string of the molecule is COc1cc(-c2oc3cc(O[C@H]4O[C@@H](CO)[C@H](O)[C@H](O)[C@@H]4O)cc(O)c3c(=O)c2O[C@H]2O[C@@H](CO)[C@H](O)[C@H](O)[C@@H]2O[C@@H]2O[C@@H](CO)[C@H](O)[C@H](O)[C@@H]2O)ccc1O. The molecule has 22 heteroatoms. The zero-order chi connectivity index (χ0) is 40.7. The van der Waals surface area contributed by atoms with Crippen LogP contribution < -0.4 is 19.6 Å². The third-order valence-electron chi connectivity index (χ3n) is 9.65. The Balaban J connectivity index is 1.44. The molecule has 0 spiro atoms. The zero-order valence-electron chi connectivity index (χ0n) is 29.2. The highest BCUT2D eigenvalue weighted by atomic mass is 16.8. The third kappa shape index (κ3) is 7.70. The van der Waals surface area contributed by atoms with Crippen molar-refractivity contribution in [3.05, 3.63) is 40.6 Å². The monoisotopic (exact) mass is 802 g/mol. The Bertz CT molecular complexity index is 1880. The molecule has 0 saturated carbocycles. The van der Waals surface area contributed by atoms with Gasteiger partial charge in [0, 0.05) is 17.7 Å². The van der Waals surface area contributed by atoms with Crippen LogP contribution in [0.5, 0.6) is 28.7 Å². The Morgan fingerprint density at radius 2 is 1.18 bits per heavy atom. The van der Waals surface area contributed by atoms with Crippen LogP contribution in [0.2, 0.25) is 0 Å². The molecule has 3 aliphatic rings. The number of benzene rings is 2. The predicted molar refractivity (Wildman–Crippen MR) is 179 cm³/mol. The Labute approximate surface area is 314 Å². The van der Waals surface area contributed by atoms with Gasteiger partial charge in [0.2, 0.25) is 23.8 Å². The number of aromatic hydroxyl groups is 2. The van der Waals surface area contributed by atoms with Crippen LogP contribution in [-0.2, 0) is 18.9 Å². The molecule has 0 bridgehead atoms. The summed E-state index contributed by atoms with van der Waals surface area (Å²) in [5.41, 5.74) is -1.54. The zero-order valence-corrected chi connectivity index (χ0v) is 29.2. The van der Waals surface area contributed by atoms with Gasteiger partial charge in [-0.05, 0) is 18.2 Å². The highest BCUT2D eigenvalue weighted by Crippen LogP contribution is 2.41. The fourth-order valence-electron chi connectivity index (χ4n) is 6.49. The molecule has 0 aliphatic carbocycles. The Morgan fingerprint density at radius 1 is 0.625 bits per heavy atom. The van der Waals surface area contributed by atoms with E-state index in [1.54, 1.807) is 0 Å². The first-order chi connectivity index (χ1) is 26.6. The van der Waals surface area contributed by atoms with Crippen molar-refractivity contribution in [2.24, 2.45) is 0 Å². The van der Waals surface area contributed by atoms with Gasteiger partial charge in [-0.15, -0.1) is 0 Å². The molecule has 4 heterocycles. The van der Waals surface area contributed by atoms with Gasteiger partial charge < -0.3 is 104 Å². The normalized spacial score (nSPS) is 36.3. The lowest BCUT2D eigenvalue weighted by molar-refractivity contribution is -0.358. The lowest BCUT2D eigenvalue weighted by Gasteiger charge is -2.45. The second-order valence-corrected chi connectivity index (χ2v) is 13.2. The third-order valence-corrected chi connectivity index (χ3v) is 9.65. The van der Waals surface area contributed by atoms with E-state index >= 15 is 0 Å². The average Bonchev–Trinajstić information content (AvgIpc) is 3.18. The summed E-state index contributed by atoms with van der Waals surface area (Å²) in [5, 5.41) is 134. The van der Waals surface area contributed by atoms with E-state index in [2.05, 4.69) is 0 Å². The number of rotatable bonds is 11. The number of methoxy groups -OCH3 is 1. The average molecular weight is 803 g/mol. The Hall–Kier alpha value is -3.95. The number of aliphatic hydroxyl groups excluding tert-OH is 11. The molecule has 56 heavy (non-hydrogen) atoms. The largest absolute Gasteiger partial charge is 0.507 e. The van der Waals surface area contributed by atoms with Crippen molar-refractivity contribution in [3.8, 4) is 40.1 Å². The molecule has 3 aliphatic heterocycles. The summed E-state index contributed by atoms with van der Waals surface area (Å²) in [7, 11) is 1.23. The minimum absolute atomic E-state index is 0.0186. The van der Waals surface area contributed by atoms with Crippen LogP contribution in [0.1, 0.15) is 0 Å². The number of aliphatic hydroxyl groups is 11. The highest BCUT2D eigenvalue weighted by Gasteiger charge is 2.52. The Morgan fingerprint density at radius 3 is 1.77 bits per heavy atom. The lowest BCUT2D eigenvalue weighted by atomic mass is 9.97. The van der Waals surface area contributed by atoms with Crippen molar-refractivity contribution < 1.29 is 104 Å². The quantitative estimate of drug-likeness (QED) is 0.0863. The molecule has 310 valence electrons. The smallest absolute Gasteiger partial charge is 0.239 e. The minimum atomic E-state index is -2.03. The van der Waals surface area contributed by atoms with E-state index in [1.165, 1.54) is 25.3 Å². The van der Waals surface area contributed by atoms with E-state index in [0.717, 1.165) is 12.1 Å². The number of fused-ring (bicyclic) bond motifs is 1. The summed E-state index contributed by atoms with van der Waals surface area (Å²) in [6.45, 7) is -2.52. The fraction of sp³-hybridized carbons (Fsp3) is 0.559. The van der Waals surface area contributed by atoms with Crippen molar-refractivity contribution in [2.75, 3.05) is 26.9 Å². The Kier molecular flexibility index (Phi) is 12.6. The molecular weight excluding hydrogens is 760 g/mol. The molecule has 0 unspecified atom stereocenters. The summed E-state index contributed by atoms with van der Waals surface area (Å²) in [6, 6.07) is 5.63. The number of ether oxygens (including phenoxy) is 7. The molecule has 13 N–H and O–H groups in total. The first-order valence-electron chi connectivity index (χ1n) is 17.1. The maximum atomic E-state index is 14.3. The second kappa shape index (κ2) is 16.9. The van der Waals surface area contributed by atoms with Crippen molar-refractivity contribution in [2.45, 2.75) is 92.1 Å². The maximum absolute atomic E-state index is 14.3. The van der Waals surface area contributed by atoms with E-state index in [1.807, 2.05) is 0 Å². The van der Waals surface area contributed by atoms with Gasteiger partial charge in [-0.3, -0.25) is 4.79 Å². The van der Waals surface area contributed by atoms with Gasteiger partial charge in [-0.1, -0.05) is 0 Å². The molecule has 3 saturated heterocycles. The van der Waals surface area contributed by atoms with Crippen LogP contribution in [0.3, 0.4) is 0 Å². The highest BCUT2D eigenvalue weighted by molar-refractivity contribution is 5.88. The van der Waals surface area contributed by atoms with Crippen LogP contribution >= 0.6 is 0 Å². The molecule has 2 aromatic carbocycles. The summed E-state index contributed by atoms with van der Waals surface area (Å²) in [4.78, 5) is 14.3. The summed E-state index contributed by atoms with van der Waals surface area (Å²) in [6.07, 6.45) is -26.9. The first kappa shape index (κ1) is 41.7. The van der Waals surface area contributed by atoms with E-state index in [4.69, 9.17) is 37.6 Å². The molecular formula is C34H42O22. The van der Waals surface area contributed by atoms with Crippen LogP contribution in [0.25, 0.3) is 22.3 Å². The molecule has 0 amide bonds. The summed E-state index contributed by atoms with van der Waals surface area (Å²) >= 11 is 0. The second-order valence-electron chi connectivity index (χ2n) is 13.2. The first-order valence-corrected chi connectivity index (χ1v) is 17.1. The lowest BCUT2D eigenvalue weighted by Crippen LogP contribution is -2.65. The number of hydrogen-bond acceptors (Lipinski definition) is 22. The van der Waals surface area contributed by atoms with Gasteiger partial charge in [0.15, 0.2) is 29.7 Å². The molecule has 0 radical (unpaired) electrons. The minimum Gasteiger partial charge on any atom is -0.507 e. The van der Waals surface area contributed by atoms with Crippen molar-refractivity contribution in [1.29, 1.82) is 0 Å². The predicted octanol–water partition coefficient (Wildman–Crippen LogP) is -4.94. The number of phenols is 2. The van der Waals surface area contributed by atoms with Gasteiger partial charge in [0.25, 0.3) is 0 Å². The topological polar surface area (TPSA) is 358 Å². The molecule has 22 nitrogen and oxygen atoms in total. The van der Waals surface area contributed by atoms with Crippen molar-refractivity contribution in [1.82, 2.24) is 0 Å². The van der Waals surface area contributed by atoms with Crippen molar-refractivity contribution >= 4 is 11.0 Å². The summed E-state index contributed by atoms with van der Waals surface area (Å²) in [5.74, 6) is -2.79. The van der Waals surface area contributed by atoms with Crippen LogP contribution in [0.4, 0.5) is 0 Å². The van der Waals surface area contributed by atoms with Crippen molar-refractivity contribution in [3.63, 3.8) is 0 Å². The summed E-state index contributed by atoms with van der Waals surface area (Å²) < 4.78 is 45.0. The van der Waals surface area contributed by atoms with E-state index < -0.39 is 146 Å². The standard InChI is InChI=1S/C34H42O22/c1-49-14-4-10(2-3-12(14)38)29-30(23(43)19-13(39)5-11(6-15(19)51-29)50-32-27(47)24(44)20(40)16(7-35)52-32)55-34-31(26(46)22(42)18(9-37)54-34)56-33-28(48)25(45)21(41)17(8-36)53-33/h2-6,16-18,20-22,24-28,31-42,44-48H,7-9H2,1H3/t16-,17-,18-,20-,21-,22-,24-,25-,26-,27-,28-,31-,32-,33-,34+/m0/s1. The van der Waals surface area contributed by atoms with Crippen LogP contribution in [-0.4, -0.2) is 185 Å². The van der Waals surface area contributed by atoms with Gasteiger partial charge in [0.05, 0.1) is 26.9 Å². The molecule has 1 aromatic heterocycles. The van der Waals surface area contributed by atoms with Crippen LogP contribution in [0, 0.1) is 0 Å². The number of hydrogen-bond donors (Lipinski definition) is 13. The molecule has 3 aromatic rings. The van der Waals surface area contributed by atoms with E-state index in [0.29, 0.717) is 0 Å². The van der Waals surface area contributed by atoms with Gasteiger partial charge >= 0.3 is 0 Å². The molecule has 6 rings (SSSR count).